The van der Waals surface area contributed by atoms with E-state index in [4.69, 9.17) is 10.6 Å². The van der Waals surface area contributed by atoms with Crippen molar-refractivity contribution in [3.05, 3.63) is 36.5 Å². The maximum Gasteiger partial charge on any atom is 0.239 e. The summed E-state index contributed by atoms with van der Waals surface area (Å²) in [5.74, 6) is 7.03. The highest BCUT2D eigenvalue weighted by Gasteiger charge is 1.99. The van der Waals surface area contributed by atoms with Crippen molar-refractivity contribution in [2.24, 2.45) is 5.84 Å². The highest BCUT2D eigenvalue weighted by molar-refractivity contribution is 5.58. The van der Waals surface area contributed by atoms with Crippen LogP contribution in [0.5, 0.6) is 5.75 Å². The van der Waals surface area contributed by atoms with E-state index in [1.165, 1.54) is 0 Å². The monoisotopic (exact) mass is 231 g/mol. The molecule has 0 fully saturated rings. The molecule has 0 aliphatic rings. The van der Waals surface area contributed by atoms with Gasteiger partial charge in [0.25, 0.3) is 0 Å². The second-order valence-corrected chi connectivity index (χ2v) is 3.27. The largest absolute Gasteiger partial charge is 0.497 e. The molecular formula is C11H13N5O. The lowest BCUT2D eigenvalue weighted by Gasteiger charge is -2.07. The molecule has 0 saturated carbocycles. The summed E-state index contributed by atoms with van der Waals surface area (Å²) in [7, 11) is 1.63. The topological polar surface area (TPSA) is 85.1 Å². The van der Waals surface area contributed by atoms with Gasteiger partial charge in [-0.15, -0.1) is 0 Å². The maximum absolute atomic E-state index is 5.23. The fourth-order valence-electron chi connectivity index (χ4n) is 1.35. The van der Waals surface area contributed by atoms with Crippen LogP contribution in [0.1, 0.15) is 0 Å². The van der Waals surface area contributed by atoms with E-state index in [1.54, 1.807) is 19.4 Å². The van der Waals surface area contributed by atoms with E-state index in [2.05, 4.69) is 20.7 Å². The number of benzene rings is 1. The average molecular weight is 231 g/mol. The third-order valence-electron chi connectivity index (χ3n) is 2.13. The molecule has 0 aliphatic heterocycles. The summed E-state index contributed by atoms with van der Waals surface area (Å²) in [4.78, 5) is 8.06. The van der Waals surface area contributed by atoms with E-state index in [0.29, 0.717) is 11.8 Å². The van der Waals surface area contributed by atoms with Crippen LogP contribution in [0.4, 0.5) is 17.5 Å². The van der Waals surface area contributed by atoms with Gasteiger partial charge in [-0.1, -0.05) is 6.07 Å². The third-order valence-corrected chi connectivity index (χ3v) is 2.13. The van der Waals surface area contributed by atoms with Gasteiger partial charge < -0.3 is 10.1 Å². The molecule has 1 heterocycles. The number of nitrogens with zero attached hydrogens (tertiary/aromatic N) is 2. The quantitative estimate of drug-likeness (QED) is 0.546. The van der Waals surface area contributed by atoms with Gasteiger partial charge in [0.05, 0.1) is 7.11 Å². The number of rotatable bonds is 4. The van der Waals surface area contributed by atoms with Crippen LogP contribution in [0.3, 0.4) is 0 Å². The van der Waals surface area contributed by atoms with Gasteiger partial charge in [0, 0.05) is 18.0 Å². The van der Waals surface area contributed by atoms with Crippen molar-refractivity contribution in [3.8, 4) is 5.75 Å². The van der Waals surface area contributed by atoms with Gasteiger partial charge in [-0.2, -0.15) is 4.98 Å². The summed E-state index contributed by atoms with van der Waals surface area (Å²) in [6.07, 6.45) is 1.62. The molecule has 0 saturated heterocycles. The molecular weight excluding hydrogens is 218 g/mol. The number of hydrogen-bond donors (Lipinski definition) is 3. The summed E-state index contributed by atoms with van der Waals surface area (Å²) < 4.78 is 5.13. The smallest absolute Gasteiger partial charge is 0.239 e. The molecule has 4 N–H and O–H groups in total. The summed E-state index contributed by atoms with van der Waals surface area (Å²) in [5, 5.41) is 3.13. The van der Waals surface area contributed by atoms with E-state index >= 15 is 0 Å². The summed E-state index contributed by atoms with van der Waals surface area (Å²) in [6.45, 7) is 0. The van der Waals surface area contributed by atoms with Crippen molar-refractivity contribution in [2.75, 3.05) is 17.9 Å². The van der Waals surface area contributed by atoms with E-state index in [9.17, 15) is 0 Å². The van der Waals surface area contributed by atoms with Gasteiger partial charge in [-0.3, -0.25) is 5.43 Å². The molecule has 2 rings (SSSR count). The van der Waals surface area contributed by atoms with Crippen molar-refractivity contribution in [1.82, 2.24) is 9.97 Å². The number of hydrogen-bond acceptors (Lipinski definition) is 6. The second-order valence-electron chi connectivity index (χ2n) is 3.27. The van der Waals surface area contributed by atoms with Crippen LogP contribution in [0.25, 0.3) is 0 Å². The molecule has 0 aliphatic carbocycles. The number of aromatic nitrogens is 2. The Bertz CT molecular complexity index is 457. The number of anilines is 3. The molecule has 0 bridgehead atoms. The van der Waals surface area contributed by atoms with E-state index in [0.717, 1.165) is 11.4 Å². The minimum atomic E-state index is 0.359. The Morgan fingerprint density at radius 2 is 2.18 bits per heavy atom. The van der Waals surface area contributed by atoms with Gasteiger partial charge >= 0.3 is 0 Å². The zero-order chi connectivity index (χ0) is 12.1. The Labute approximate surface area is 98.8 Å². The number of nitrogens with two attached hydrogens (primary N) is 1. The van der Waals surface area contributed by atoms with Crippen LogP contribution < -0.4 is 21.3 Å². The fraction of sp³-hybridized carbons (Fsp3) is 0.0909. The molecule has 88 valence electrons. The first kappa shape index (κ1) is 11.2. The van der Waals surface area contributed by atoms with Crippen molar-refractivity contribution < 1.29 is 4.74 Å². The van der Waals surface area contributed by atoms with Gasteiger partial charge in [0.2, 0.25) is 5.95 Å². The van der Waals surface area contributed by atoms with Crippen LogP contribution in [0.2, 0.25) is 0 Å². The van der Waals surface area contributed by atoms with Crippen molar-refractivity contribution in [3.63, 3.8) is 0 Å². The molecule has 0 spiro atoms. The van der Waals surface area contributed by atoms with Crippen molar-refractivity contribution in [2.45, 2.75) is 0 Å². The molecule has 6 heteroatoms. The van der Waals surface area contributed by atoms with Gasteiger partial charge in [-0.25, -0.2) is 10.8 Å². The molecule has 0 radical (unpaired) electrons. The van der Waals surface area contributed by atoms with Crippen LogP contribution >= 0.6 is 0 Å². The first-order valence-corrected chi connectivity index (χ1v) is 5.02. The third kappa shape index (κ3) is 2.82. The average Bonchev–Trinajstić information content (AvgIpc) is 2.39. The Hall–Kier alpha value is -2.34. The minimum absolute atomic E-state index is 0.359. The fourth-order valence-corrected chi connectivity index (χ4v) is 1.35. The molecule has 2 aromatic rings. The Kier molecular flexibility index (Phi) is 3.37. The minimum Gasteiger partial charge on any atom is -0.497 e. The number of nitrogens with one attached hydrogen (secondary N) is 2. The van der Waals surface area contributed by atoms with Crippen molar-refractivity contribution >= 4 is 17.5 Å². The zero-order valence-corrected chi connectivity index (χ0v) is 9.34. The molecule has 0 atom stereocenters. The second kappa shape index (κ2) is 5.13. The lowest BCUT2D eigenvalue weighted by molar-refractivity contribution is 0.415. The molecule has 1 aromatic heterocycles. The predicted octanol–water partition coefficient (Wildman–Crippen LogP) is 1.51. The van der Waals surface area contributed by atoms with Crippen LogP contribution in [-0.2, 0) is 0 Å². The standard InChI is InChI=1S/C11H13N5O/c1-17-9-4-2-3-8(7-9)14-10-5-6-13-11(15-10)16-12/h2-7H,12H2,1H3,(H2,13,14,15,16). The first-order chi connectivity index (χ1) is 8.31. The summed E-state index contributed by atoms with van der Waals surface area (Å²) in [5.41, 5.74) is 3.27. The van der Waals surface area contributed by atoms with E-state index < -0.39 is 0 Å². The Morgan fingerprint density at radius 1 is 1.29 bits per heavy atom. The lowest BCUT2D eigenvalue weighted by atomic mass is 10.3. The first-order valence-electron chi connectivity index (χ1n) is 5.02. The van der Waals surface area contributed by atoms with Gasteiger partial charge in [0.15, 0.2) is 0 Å². The summed E-state index contributed by atoms with van der Waals surface area (Å²) in [6, 6.07) is 9.31. The van der Waals surface area contributed by atoms with Gasteiger partial charge in [0.1, 0.15) is 11.6 Å². The number of hydrazine groups is 1. The SMILES string of the molecule is COc1cccc(Nc2ccnc(NN)n2)c1. The number of methoxy groups -OCH3 is 1. The van der Waals surface area contributed by atoms with Crippen LogP contribution in [0, 0.1) is 0 Å². The highest BCUT2D eigenvalue weighted by atomic mass is 16.5. The van der Waals surface area contributed by atoms with E-state index in [1.807, 2.05) is 24.3 Å². The zero-order valence-electron chi connectivity index (χ0n) is 9.34. The normalized spacial score (nSPS) is 9.76. The molecule has 1 aromatic carbocycles. The van der Waals surface area contributed by atoms with Crippen molar-refractivity contribution in [1.29, 1.82) is 0 Å². The molecule has 6 nitrogen and oxygen atoms in total. The summed E-state index contributed by atoms with van der Waals surface area (Å²) >= 11 is 0. The van der Waals surface area contributed by atoms with Crippen LogP contribution in [0.15, 0.2) is 36.5 Å². The maximum atomic E-state index is 5.23. The Morgan fingerprint density at radius 3 is 2.94 bits per heavy atom. The van der Waals surface area contributed by atoms with Gasteiger partial charge in [-0.05, 0) is 18.2 Å². The predicted molar refractivity (Wildman–Crippen MR) is 66.1 cm³/mol. The van der Waals surface area contributed by atoms with E-state index in [-0.39, 0.29) is 0 Å². The van der Waals surface area contributed by atoms with Crippen LogP contribution in [-0.4, -0.2) is 17.1 Å². The molecule has 17 heavy (non-hydrogen) atoms. The molecule has 0 unspecified atom stereocenters. The number of nitrogen functional groups attached to an aromatic ring is 1. The lowest BCUT2D eigenvalue weighted by Crippen LogP contribution is -2.10. The Balaban J connectivity index is 2.18. The molecule has 0 amide bonds. The highest BCUT2D eigenvalue weighted by Crippen LogP contribution is 2.20. The number of ether oxygens (including phenoxy) is 1.